The number of aryl methyl sites for hydroxylation is 1. The Kier molecular flexibility index (Phi) is 3.19. The van der Waals surface area contributed by atoms with E-state index in [0.717, 1.165) is 16.6 Å². The molecule has 0 spiro atoms. The van der Waals surface area contributed by atoms with E-state index in [9.17, 15) is 4.79 Å². The zero-order chi connectivity index (χ0) is 14.8. The number of amides is 1. The predicted octanol–water partition coefficient (Wildman–Crippen LogP) is 2.17. The van der Waals surface area contributed by atoms with E-state index in [1.54, 1.807) is 6.07 Å². The number of nitrogens with one attached hydrogen (secondary N) is 1. The van der Waals surface area contributed by atoms with Gasteiger partial charge in [-0.1, -0.05) is 18.2 Å². The average Bonchev–Trinajstić information content (AvgIpc) is 2.48. The number of nitrogens with two attached hydrogens (primary N) is 1. The molecule has 3 rings (SSSR count). The van der Waals surface area contributed by atoms with Gasteiger partial charge in [-0.3, -0.25) is 9.78 Å². The molecule has 0 bridgehead atoms. The zero-order valence-corrected chi connectivity index (χ0v) is 11.4. The molecule has 0 atom stereocenters. The summed E-state index contributed by atoms with van der Waals surface area (Å²) in [4.78, 5) is 24.4. The SMILES string of the molecule is Cc1ccc2cccc(NC(=O)c3cnc(N)cn3)c2n1. The van der Waals surface area contributed by atoms with Crippen LogP contribution >= 0.6 is 0 Å². The van der Waals surface area contributed by atoms with Gasteiger partial charge in [0.1, 0.15) is 11.5 Å². The molecule has 2 heterocycles. The monoisotopic (exact) mass is 279 g/mol. The number of hydrogen-bond donors (Lipinski definition) is 2. The standard InChI is InChI=1S/C15H13N5O/c1-9-5-6-10-3-2-4-11(14(10)19-9)20-15(21)12-7-18-13(16)8-17-12/h2-8H,1H3,(H2,16,18)(H,20,21). The van der Waals surface area contributed by atoms with Crippen molar-refractivity contribution in [2.75, 3.05) is 11.1 Å². The van der Waals surface area contributed by atoms with Crippen molar-refractivity contribution in [3.63, 3.8) is 0 Å². The second kappa shape index (κ2) is 5.16. The molecule has 0 unspecified atom stereocenters. The van der Waals surface area contributed by atoms with Crippen LogP contribution in [0.15, 0.2) is 42.7 Å². The molecule has 0 radical (unpaired) electrons. The van der Waals surface area contributed by atoms with Gasteiger partial charge in [-0.2, -0.15) is 0 Å². The van der Waals surface area contributed by atoms with E-state index in [0.29, 0.717) is 5.69 Å². The first-order valence-electron chi connectivity index (χ1n) is 6.39. The Bertz CT molecular complexity index is 814. The van der Waals surface area contributed by atoms with Gasteiger partial charge in [0.25, 0.3) is 5.91 Å². The van der Waals surface area contributed by atoms with Crippen molar-refractivity contribution in [1.29, 1.82) is 0 Å². The molecule has 0 aliphatic heterocycles. The lowest BCUT2D eigenvalue weighted by molar-refractivity contribution is 0.102. The summed E-state index contributed by atoms with van der Waals surface area (Å²) in [6.07, 6.45) is 2.69. The normalized spacial score (nSPS) is 10.5. The number of rotatable bonds is 2. The van der Waals surface area contributed by atoms with Crippen LogP contribution in [0.2, 0.25) is 0 Å². The molecule has 6 nitrogen and oxygen atoms in total. The minimum atomic E-state index is -0.349. The predicted molar refractivity (Wildman–Crippen MR) is 80.9 cm³/mol. The van der Waals surface area contributed by atoms with Crippen LogP contribution in [0.25, 0.3) is 10.9 Å². The van der Waals surface area contributed by atoms with Crippen molar-refractivity contribution in [2.24, 2.45) is 0 Å². The highest BCUT2D eigenvalue weighted by atomic mass is 16.1. The number of aromatic nitrogens is 3. The van der Waals surface area contributed by atoms with Crippen molar-refractivity contribution in [3.05, 3.63) is 54.1 Å². The quantitative estimate of drug-likeness (QED) is 0.749. The van der Waals surface area contributed by atoms with Crippen molar-refractivity contribution < 1.29 is 4.79 Å². The van der Waals surface area contributed by atoms with E-state index in [-0.39, 0.29) is 17.4 Å². The lowest BCUT2D eigenvalue weighted by atomic mass is 10.1. The lowest BCUT2D eigenvalue weighted by Crippen LogP contribution is -2.14. The molecule has 0 saturated carbocycles. The number of nitrogens with zero attached hydrogens (tertiary/aromatic N) is 3. The third-order valence-electron chi connectivity index (χ3n) is 3.01. The van der Waals surface area contributed by atoms with Gasteiger partial charge >= 0.3 is 0 Å². The fraction of sp³-hybridized carbons (Fsp3) is 0.0667. The largest absolute Gasteiger partial charge is 0.382 e. The number of carbonyl (C=O) groups is 1. The maximum Gasteiger partial charge on any atom is 0.275 e. The van der Waals surface area contributed by atoms with Crippen LogP contribution in [-0.2, 0) is 0 Å². The molecule has 0 fully saturated rings. The number of carbonyl (C=O) groups excluding carboxylic acids is 1. The number of benzene rings is 1. The molecule has 3 aromatic rings. The highest BCUT2D eigenvalue weighted by Gasteiger charge is 2.10. The van der Waals surface area contributed by atoms with Crippen molar-refractivity contribution in [2.45, 2.75) is 6.92 Å². The molecule has 0 saturated heterocycles. The van der Waals surface area contributed by atoms with E-state index < -0.39 is 0 Å². The minimum absolute atomic E-state index is 0.203. The summed E-state index contributed by atoms with van der Waals surface area (Å²) in [5.74, 6) is -0.0766. The smallest absolute Gasteiger partial charge is 0.275 e. The van der Waals surface area contributed by atoms with Gasteiger partial charge in [0.05, 0.1) is 23.6 Å². The van der Waals surface area contributed by atoms with Gasteiger partial charge in [0.2, 0.25) is 0 Å². The van der Waals surface area contributed by atoms with E-state index in [1.165, 1.54) is 12.4 Å². The van der Waals surface area contributed by atoms with Gasteiger partial charge in [-0.25, -0.2) is 9.97 Å². The Morgan fingerprint density at radius 1 is 1.14 bits per heavy atom. The third-order valence-corrected chi connectivity index (χ3v) is 3.01. The molecule has 0 aliphatic carbocycles. The van der Waals surface area contributed by atoms with Gasteiger partial charge in [0.15, 0.2) is 0 Å². The first kappa shape index (κ1) is 13.0. The highest BCUT2D eigenvalue weighted by Crippen LogP contribution is 2.22. The minimum Gasteiger partial charge on any atom is -0.382 e. The maximum atomic E-state index is 12.2. The van der Waals surface area contributed by atoms with E-state index in [1.807, 2.05) is 31.2 Å². The Hall–Kier alpha value is -3.02. The third kappa shape index (κ3) is 2.64. The topological polar surface area (TPSA) is 93.8 Å². The molecule has 104 valence electrons. The number of anilines is 2. The molecule has 3 N–H and O–H groups in total. The second-order valence-corrected chi connectivity index (χ2v) is 4.61. The van der Waals surface area contributed by atoms with Gasteiger partial charge in [-0.05, 0) is 19.1 Å². The number of para-hydroxylation sites is 1. The van der Waals surface area contributed by atoms with E-state index >= 15 is 0 Å². The van der Waals surface area contributed by atoms with E-state index in [2.05, 4.69) is 20.3 Å². The van der Waals surface area contributed by atoms with Gasteiger partial charge in [0, 0.05) is 11.1 Å². The maximum absolute atomic E-state index is 12.2. The fourth-order valence-corrected chi connectivity index (χ4v) is 1.99. The Labute approximate surface area is 121 Å². The summed E-state index contributed by atoms with van der Waals surface area (Å²) < 4.78 is 0. The Morgan fingerprint density at radius 2 is 2.00 bits per heavy atom. The first-order chi connectivity index (χ1) is 10.1. The number of pyridine rings is 1. The molecule has 6 heteroatoms. The summed E-state index contributed by atoms with van der Waals surface area (Å²) in [5, 5.41) is 3.76. The molecule has 0 aliphatic rings. The van der Waals surface area contributed by atoms with Crippen LogP contribution in [0.5, 0.6) is 0 Å². The van der Waals surface area contributed by atoms with E-state index in [4.69, 9.17) is 5.73 Å². The summed E-state index contributed by atoms with van der Waals surface area (Å²) in [6.45, 7) is 1.91. The summed E-state index contributed by atoms with van der Waals surface area (Å²) in [7, 11) is 0. The summed E-state index contributed by atoms with van der Waals surface area (Å²) in [6, 6.07) is 9.51. The van der Waals surface area contributed by atoms with Crippen LogP contribution in [0.1, 0.15) is 16.2 Å². The Morgan fingerprint density at radius 3 is 2.76 bits per heavy atom. The van der Waals surface area contributed by atoms with Crippen LogP contribution in [-0.4, -0.2) is 20.9 Å². The van der Waals surface area contributed by atoms with Crippen LogP contribution in [0.4, 0.5) is 11.5 Å². The fourth-order valence-electron chi connectivity index (χ4n) is 1.99. The molecular weight excluding hydrogens is 266 g/mol. The van der Waals surface area contributed by atoms with Crippen LogP contribution in [0, 0.1) is 6.92 Å². The number of hydrogen-bond acceptors (Lipinski definition) is 5. The molecule has 2 aromatic heterocycles. The molecule has 21 heavy (non-hydrogen) atoms. The highest BCUT2D eigenvalue weighted by molar-refractivity contribution is 6.07. The molecule has 1 amide bonds. The molecule has 1 aromatic carbocycles. The van der Waals surface area contributed by atoms with Gasteiger partial charge in [-0.15, -0.1) is 0 Å². The summed E-state index contributed by atoms with van der Waals surface area (Å²) in [5.41, 5.74) is 7.93. The van der Waals surface area contributed by atoms with Crippen molar-refractivity contribution >= 4 is 28.3 Å². The average molecular weight is 279 g/mol. The molecular formula is C15H13N5O. The lowest BCUT2D eigenvalue weighted by Gasteiger charge is -2.08. The number of fused-ring (bicyclic) bond motifs is 1. The van der Waals surface area contributed by atoms with Crippen molar-refractivity contribution in [3.8, 4) is 0 Å². The van der Waals surface area contributed by atoms with Crippen LogP contribution < -0.4 is 11.1 Å². The Balaban J connectivity index is 1.96. The van der Waals surface area contributed by atoms with Crippen LogP contribution in [0.3, 0.4) is 0 Å². The van der Waals surface area contributed by atoms with Gasteiger partial charge < -0.3 is 11.1 Å². The van der Waals surface area contributed by atoms with Crippen molar-refractivity contribution in [1.82, 2.24) is 15.0 Å². The first-order valence-corrected chi connectivity index (χ1v) is 6.39. The number of nitrogen functional groups attached to an aromatic ring is 1. The second-order valence-electron chi connectivity index (χ2n) is 4.61. The zero-order valence-electron chi connectivity index (χ0n) is 11.4. The summed E-state index contributed by atoms with van der Waals surface area (Å²) >= 11 is 0.